The van der Waals surface area contributed by atoms with E-state index in [2.05, 4.69) is 5.32 Å². The van der Waals surface area contributed by atoms with Crippen molar-refractivity contribution in [2.45, 2.75) is 19.4 Å². The molecule has 0 bridgehead atoms. The van der Waals surface area contributed by atoms with Gasteiger partial charge in [0, 0.05) is 6.42 Å². The Hall–Kier alpha value is -2.60. The predicted octanol–water partition coefficient (Wildman–Crippen LogP) is 1.93. The van der Waals surface area contributed by atoms with Crippen molar-refractivity contribution < 1.29 is 23.6 Å². The van der Waals surface area contributed by atoms with Crippen molar-refractivity contribution in [1.82, 2.24) is 0 Å². The number of carbonyl (C=O) groups is 1. The molecule has 0 aliphatic rings. The molecule has 140 valence electrons. The van der Waals surface area contributed by atoms with E-state index >= 15 is 0 Å². The molecule has 2 aromatic rings. The molecule has 0 saturated heterocycles. The number of ether oxygens (including phenoxy) is 2. The standard InChI is InChI=1S/C20H25FN2O3/c1-14(20(24)22-17-8-6-5-7-16(17)21)23(2)12-11-15-9-10-18(25-3)19(13-15)26-4/h5-10,13-14H,11-12H2,1-4H3,(H,22,24)/p+1/t14-/m0/s1. The fourth-order valence-electron chi connectivity index (χ4n) is 2.62. The van der Waals surface area contributed by atoms with Gasteiger partial charge in [-0.1, -0.05) is 18.2 Å². The highest BCUT2D eigenvalue weighted by molar-refractivity contribution is 5.93. The summed E-state index contributed by atoms with van der Waals surface area (Å²) < 4.78 is 24.2. The molecular formula is C20H26FN2O3+. The van der Waals surface area contributed by atoms with Gasteiger partial charge < -0.3 is 19.7 Å². The number of quaternary nitrogens is 1. The molecule has 0 aliphatic carbocycles. The first-order chi connectivity index (χ1) is 12.5. The number of para-hydroxylation sites is 1. The monoisotopic (exact) mass is 361 g/mol. The smallest absolute Gasteiger partial charge is 0.282 e. The molecule has 2 aromatic carbocycles. The van der Waals surface area contributed by atoms with Gasteiger partial charge in [-0.2, -0.15) is 0 Å². The number of benzene rings is 2. The Bertz CT molecular complexity index is 752. The number of hydrogen-bond acceptors (Lipinski definition) is 3. The van der Waals surface area contributed by atoms with Crippen LogP contribution in [0.4, 0.5) is 10.1 Å². The van der Waals surface area contributed by atoms with Crippen LogP contribution < -0.4 is 19.7 Å². The van der Waals surface area contributed by atoms with Gasteiger partial charge in [-0.3, -0.25) is 4.79 Å². The summed E-state index contributed by atoms with van der Waals surface area (Å²) in [5.74, 6) is 0.735. The summed E-state index contributed by atoms with van der Waals surface area (Å²) in [6, 6.07) is 11.7. The summed E-state index contributed by atoms with van der Waals surface area (Å²) in [5.41, 5.74) is 1.31. The minimum absolute atomic E-state index is 0.206. The normalized spacial score (nSPS) is 13.0. The van der Waals surface area contributed by atoms with E-state index < -0.39 is 5.82 Å². The highest BCUT2D eigenvalue weighted by Gasteiger charge is 2.22. The average Bonchev–Trinajstić information content (AvgIpc) is 2.66. The van der Waals surface area contributed by atoms with Crippen LogP contribution in [0.25, 0.3) is 0 Å². The molecule has 0 heterocycles. The highest BCUT2D eigenvalue weighted by atomic mass is 19.1. The van der Waals surface area contributed by atoms with Crippen LogP contribution in [0.2, 0.25) is 0 Å². The molecule has 0 aromatic heterocycles. The van der Waals surface area contributed by atoms with Gasteiger partial charge in [0.1, 0.15) is 5.82 Å². The Kier molecular flexibility index (Phi) is 6.97. The van der Waals surface area contributed by atoms with Gasteiger partial charge in [0.2, 0.25) is 0 Å². The Morgan fingerprint density at radius 3 is 2.50 bits per heavy atom. The van der Waals surface area contributed by atoms with Crippen molar-refractivity contribution in [3.63, 3.8) is 0 Å². The van der Waals surface area contributed by atoms with E-state index in [9.17, 15) is 9.18 Å². The molecule has 2 atom stereocenters. The average molecular weight is 361 g/mol. The number of carbonyl (C=O) groups excluding carboxylic acids is 1. The molecule has 2 rings (SSSR count). The van der Waals surface area contributed by atoms with Crippen molar-refractivity contribution in [1.29, 1.82) is 0 Å². The zero-order valence-corrected chi connectivity index (χ0v) is 15.6. The minimum Gasteiger partial charge on any atom is -0.493 e. The summed E-state index contributed by atoms with van der Waals surface area (Å²) in [4.78, 5) is 13.4. The Morgan fingerprint density at radius 1 is 1.15 bits per heavy atom. The maximum absolute atomic E-state index is 13.7. The first kappa shape index (κ1) is 19.7. The van der Waals surface area contributed by atoms with Gasteiger partial charge in [0.15, 0.2) is 17.5 Å². The second-order valence-electron chi connectivity index (χ2n) is 6.23. The molecule has 0 radical (unpaired) electrons. The molecule has 6 heteroatoms. The second kappa shape index (κ2) is 9.20. The van der Waals surface area contributed by atoms with Crippen LogP contribution in [0.15, 0.2) is 42.5 Å². The van der Waals surface area contributed by atoms with Crippen molar-refractivity contribution >= 4 is 11.6 Å². The Morgan fingerprint density at radius 2 is 1.85 bits per heavy atom. The van der Waals surface area contributed by atoms with E-state index in [1.165, 1.54) is 6.07 Å². The third-order valence-corrected chi connectivity index (χ3v) is 4.52. The number of likely N-dealkylation sites (N-methyl/N-ethyl adjacent to an activating group) is 1. The zero-order valence-electron chi connectivity index (χ0n) is 15.6. The molecule has 0 spiro atoms. The zero-order chi connectivity index (χ0) is 19.1. The van der Waals surface area contributed by atoms with E-state index in [0.29, 0.717) is 11.5 Å². The van der Waals surface area contributed by atoms with E-state index in [0.717, 1.165) is 23.4 Å². The maximum atomic E-state index is 13.7. The predicted molar refractivity (Wildman–Crippen MR) is 99.5 cm³/mol. The summed E-state index contributed by atoms with van der Waals surface area (Å²) in [5, 5.41) is 2.65. The maximum Gasteiger partial charge on any atom is 0.282 e. The Balaban J connectivity index is 1.93. The number of rotatable bonds is 8. The van der Waals surface area contributed by atoms with Gasteiger partial charge in [-0.15, -0.1) is 0 Å². The third kappa shape index (κ3) is 4.95. The van der Waals surface area contributed by atoms with Crippen LogP contribution in [-0.4, -0.2) is 39.8 Å². The van der Waals surface area contributed by atoms with E-state index in [1.54, 1.807) is 32.4 Å². The summed E-state index contributed by atoms with van der Waals surface area (Å²) in [6.07, 6.45) is 0.781. The van der Waals surface area contributed by atoms with Crippen LogP contribution in [-0.2, 0) is 11.2 Å². The van der Waals surface area contributed by atoms with Crippen molar-refractivity contribution in [3.8, 4) is 11.5 Å². The lowest BCUT2D eigenvalue weighted by Crippen LogP contribution is -3.14. The largest absolute Gasteiger partial charge is 0.493 e. The molecule has 1 unspecified atom stereocenters. The van der Waals surface area contributed by atoms with E-state index in [1.807, 2.05) is 32.2 Å². The second-order valence-corrected chi connectivity index (χ2v) is 6.23. The topological polar surface area (TPSA) is 52.0 Å². The number of methoxy groups -OCH3 is 2. The molecular weight excluding hydrogens is 335 g/mol. The Labute approximate surface area is 153 Å². The molecule has 26 heavy (non-hydrogen) atoms. The first-order valence-corrected chi connectivity index (χ1v) is 8.55. The van der Waals surface area contributed by atoms with Gasteiger partial charge in [-0.25, -0.2) is 4.39 Å². The molecule has 1 amide bonds. The quantitative estimate of drug-likeness (QED) is 0.755. The lowest BCUT2D eigenvalue weighted by atomic mass is 10.1. The molecule has 0 fully saturated rings. The van der Waals surface area contributed by atoms with E-state index in [-0.39, 0.29) is 17.6 Å². The lowest BCUT2D eigenvalue weighted by Gasteiger charge is -2.21. The van der Waals surface area contributed by atoms with Gasteiger partial charge >= 0.3 is 0 Å². The fourth-order valence-corrected chi connectivity index (χ4v) is 2.62. The molecule has 0 saturated carbocycles. The first-order valence-electron chi connectivity index (χ1n) is 8.55. The SMILES string of the molecule is COc1ccc(CC[NH+](C)[C@@H](C)C(=O)Nc2ccccc2F)cc1OC. The van der Waals surface area contributed by atoms with Crippen molar-refractivity contribution in [3.05, 3.63) is 53.8 Å². The van der Waals surface area contributed by atoms with E-state index in [4.69, 9.17) is 9.47 Å². The fraction of sp³-hybridized carbons (Fsp3) is 0.350. The number of anilines is 1. The van der Waals surface area contributed by atoms with Gasteiger partial charge in [0.25, 0.3) is 5.91 Å². The number of halogens is 1. The van der Waals surface area contributed by atoms with Crippen LogP contribution >= 0.6 is 0 Å². The van der Waals surface area contributed by atoms with Crippen molar-refractivity contribution in [2.75, 3.05) is 33.1 Å². The van der Waals surface area contributed by atoms with Crippen LogP contribution in [0.5, 0.6) is 11.5 Å². The molecule has 0 aliphatic heterocycles. The van der Waals surface area contributed by atoms with Gasteiger partial charge in [0.05, 0.1) is 33.5 Å². The summed E-state index contributed by atoms with van der Waals surface area (Å²) >= 11 is 0. The van der Waals surface area contributed by atoms with Crippen LogP contribution in [0.3, 0.4) is 0 Å². The highest BCUT2D eigenvalue weighted by Crippen LogP contribution is 2.27. The molecule has 5 nitrogen and oxygen atoms in total. The van der Waals surface area contributed by atoms with Crippen molar-refractivity contribution in [2.24, 2.45) is 0 Å². The number of nitrogens with one attached hydrogen (secondary N) is 2. The minimum atomic E-state index is -0.434. The van der Waals surface area contributed by atoms with Gasteiger partial charge in [-0.05, 0) is 36.8 Å². The third-order valence-electron chi connectivity index (χ3n) is 4.52. The molecule has 2 N–H and O–H groups in total. The lowest BCUT2D eigenvalue weighted by molar-refractivity contribution is -0.893. The summed E-state index contributed by atoms with van der Waals surface area (Å²) in [7, 11) is 5.16. The number of hydrogen-bond donors (Lipinski definition) is 2. The van der Waals surface area contributed by atoms with Crippen LogP contribution in [0, 0.1) is 5.82 Å². The summed E-state index contributed by atoms with van der Waals surface area (Å²) in [6.45, 7) is 2.58. The number of amides is 1. The van der Waals surface area contributed by atoms with Crippen LogP contribution in [0.1, 0.15) is 12.5 Å².